The molecule has 0 spiro atoms. The van der Waals surface area contributed by atoms with E-state index in [1.165, 1.54) is 23.1 Å². The van der Waals surface area contributed by atoms with Crippen LogP contribution in [0.5, 0.6) is 0 Å². The number of rotatable bonds is 2. The lowest BCUT2D eigenvalue weighted by Gasteiger charge is -2.40. The summed E-state index contributed by atoms with van der Waals surface area (Å²) in [4.78, 5) is 37.8. The maximum Gasteiger partial charge on any atom is 0.410 e. The molecule has 0 bridgehead atoms. The Morgan fingerprint density at radius 2 is 2.00 bits per heavy atom. The molecule has 3 rings (SSSR count). The molecule has 3 amide bonds. The molecule has 0 saturated carbocycles. The minimum absolute atomic E-state index is 0.00691. The number of anilines is 1. The Morgan fingerprint density at radius 1 is 1.31 bits per heavy atom. The second-order valence-electron chi connectivity index (χ2n) is 7.63. The Balaban J connectivity index is 1.59. The molecule has 1 unspecified atom stereocenters. The molecular formula is C18H22FN3O4. The summed E-state index contributed by atoms with van der Waals surface area (Å²) in [6, 6.07) is 3.80. The number of hydrogen-bond acceptors (Lipinski definition) is 4. The summed E-state index contributed by atoms with van der Waals surface area (Å²) < 4.78 is 18.6. The van der Waals surface area contributed by atoms with Crippen LogP contribution in [0.4, 0.5) is 14.9 Å². The van der Waals surface area contributed by atoms with Crippen molar-refractivity contribution in [1.82, 2.24) is 10.2 Å². The fourth-order valence-electron chi connectivity index (χ4n) is 3.02. The van der Waals surface area contributed by atoms with Crippen molar-refractivity contribution in [2.24, 2.45) is 0 Å². The van der Waals surface area contributed by atoms with Gasteiger partial charge in [0.2, 0.25) is 11.8 Å². The quantitative estimate of drug-likeness (QED) is 0.841. The van der Waals surface area contributed by atoms with E-state index in [0.717, 1.165) is 0 Å². The van der Waals surface area contributed by atoms with Crippen molar-refractivity contribution in [2.45, 2.75) is 44.8 Å². The first kappa shape index (κ1) is 18.2. The van der Waals surface area contributed by atoms with Crippen molar-refractivity contribution < 1.29 is 23.5 Å². The van der Waals surface area contributed by atoms with Gasteiger partial charge in [0, 0.05) is 25.2 Å². The first-order valence-electron chi connectivity index (χ1n) is 8.50. The Labute approximate surface area is 150 Å². The van der Waals surface area contributed by atoms with Gasteiger partial charge in [0.25, 0.3) is 0 Å². The predicted molar refractivity (Wildman–Crippen MR) is 92.1 cm³/mol. The Kier molecular flexibility index (Phi) is 4.60. The van der Waals surface area contributed by atoms with Crippen LogP contribution >= 0.6 is 0 Å². The zero-order valence-electron chi connectivity index (χ0n) is 15.0. The number of hydrogen-bond donors (Lipinski definition) is 2. The third kappa shape index (κ3) is 3.95. The van der Waals surface area contributed by atoms with Gasteiger partial charge in [-0.3, -0.25) is 9.59 Å². The molecule has 26 heavy (non-hydrogen) atoms. The first-order chi connectivity index (χ1) is 12.1. The van der Waals surface area contributed by atoms with Gasteiger partial charge in [-0.05, 0) is 38.5 Å². The summed E-state index contributed by atoms with van der Waals surface area (Å²) in [6.45, 7) is 6.08. The van der Waals surface area contributed by atoms with Gasteiger partial charge in [0.1, 0.15) is 11.4 Å². The number of amides is 3. The van der Waals surface area contributed by atoms with Crippen LogP contribution in [0.25, 0.3) is 0 Å². The second kappa shape index (κ2) is 6.59. The monoisotopic (exact) mass is 363 g/mol. The number of carbonyl (C=O) groups is 3. The molecule has 1 aromatic rings. The van der Waals surface area contributed by atoms with E-state index in [9.17, 15) is 18.8 Å². The summed E-state index contributed by atoms with van der Waals surface area (Å²) in [5.41, 5.74) is 0.345. The molecule has 0 aromatic heterocycles. The molecular weight excluding hydrogens is 341 g/mol. The molecule has 2 heterocycles. The fourth-order valence-corrected chi connectivity index (χ4v) is 3.02. The molecule has 140 valence electrons. The van der Waals surface area contributed by atoms with Crippen LogP contribution in [-0.4, -0.2) is 47.5 Å². The van der Waals surface area contributed by atoms with Gasteiger partial charge in [0.05, 0.1) is 12.0 Å². The molecule has 1 fully saturated rings. The van der Waals surface area contributed by atoms with E-state index in [0.29, 0.717) is 24.3 Å². The summed E-state index contributed by atoms with van der Waals surface area (Å²) in [7, 11) is 0. The summed E-state index contributed by atoms with van der Waals surface area (Å²) in [6.07, 6.45) is -0.409. The van der Waals surface area contributed by atoms with Crippen LogP contribution in [0.1, 0.15) is 38.7 Å². The Morgan fingerprint density at radius 3 is 2.65 bits per heavy atom. The van der Waals surface area contributed by atoms with Crippen LogP contribution in [0.15, 0.2) is 18.2 Å². The Bertz CT molecular complexity index is 753. The molecule has 1 aromatic carbocycles. The van der Waals surface area contributed by atoms with Crippen molar-refractivity contribution in [2.75, 3.05) is 18.4 Å². The average Bonchev–Trinajstić information content (AvgIpc) is 2.46. The molecule has 0 aliphatic carbocycles. The second-order valence-corrected chi connectivity index (χ2v) is 7.63. The highest BCUT2D eigenvalue weighted by Crippen LogP contribution is 2.33. The van der Waals surface area contributed by atoms with Gasteiger partial charge in [-0.15, -0.1) is 0 Å². The molecule has 0 radical (unpaired) electrons. The largest absolute Gasteiger partial charge is 0.444 e. The molecule has 2 aliphatic rings. The minimum Gasteiger partial charge on any atom is -0.444 e. The van der Waals surface area contributed by atoms with Crippen molar-refractivity contribution >= 4 is 23.6 Å². The summed E-state index contributed by atoms with van der Waals surface area (Å²) in [5.74, 6) is -1.78. The van der Waals surface area contributed by atoms with Crippen LogP contribution < -0.4 is 10.6 Å². The van der Waals surface area contributed by atoms with Crippen molar-refractivity contribution in [3.05, 3.63) is 29.6 Å². The highest BCUT2D eigenvalue weighted by molar-refractivity contribution is 6.01. The molecule has 2 N–H and O–H groups in total. The van der Waals surface area contributed by atoms with Gasteiger partial charge in [-0.2, -0.15) is 0 Å². The van der Waals surface area contributed by atoms with Crippen LogP contribution in [-0.2, 0) is 14.3 Å². The lowest BCUT2D eigenvalue weighted by molar-refractivity contribution is -0.127. The number of likely N-dealkylation sites (tertiary alicyclic amines) is 1. The topological polar surface area (TPSA) is 87.7 Å². The third-order valence-corrected chi connectivity index (χ3v) is 4.25. The van der Waals surface area contributed by atoms with E-state index < -0.39 is 23.4 Å². The number of benzene rings is 1. The van der Waals surface area contributed by atoms with Gasteiger partial charge in [-0.25, -0.2) is 9.18 Å². The van der Waals surface area contributed by atoms with Crippen molar-refractivity contribution in [3.8, 4) is 0 Å². The van der Waals surface area contributed by atoms with Crippen LogP contribution in [0.3, 0.4) is 0 Å². The maximum atomic E-state index is 13.4. The zero-order chi connectivity index (χ0) is 19.1. The zero-order valence-corrected chi connectivity index (χ0v) is 15.0. The SMILES string of the molecule is CC(C)(C)OC(=O)N1CC(NC(=O)C2CC(=O)Nc3cc(F)ccc32)C1. The van der Waals surface area contributed by atoms with E-state index in [4.69, 9.17) is 4.74 Å². The third-order valence-electron chi connectivity index (χ3n) is 4.25. The van der Waals surface area contributed by atoms with E-state index in [1.807, 2.05) is 0 Å². The summed E-state index contributed by atoms with van der Waals surface area (Å²) in [5, 5.41) is 5.43. The normalized spacial score (nSPS) is 19.9. The standard InChI is InChI=1S/C18H22FN3O4/c1-18(2,3)26-17(25)22-8-11(9-22)20-16(24)13-7-15(23)21-14-6-10(19)4-5-12(13)14/h4-6,11,13H,7-9H2,1-3H3,(H,20,24)(H,21,23). The predicted octanol–water partition coefficient (Wildman–Crippen LogP) is 1.99. The van der Waals surface area contributed by atoms with E-state index in [-0.39, 0.29) is 24.3 Å². The van der Waals surface area contributed by atoms with Crippen LogP contribution in [0, 0.1) is 5.82 Å². The molecule has 8 heteroatoms. The van der Waals surface area contributed by atoms with Crippen molar-refractivity contribution in [1.29, 1.82) is 0 Å². The number of carbonyl (C=O) groups excluding carboxylic acids is 3. The number of nitrogens with one attached hydrogen (secondary N) is 2. The summed E-state index contributed by atoms with van der Waals surface area (Å²) >= 11 is 0. The van der Waals surface area contributed by atoms with Gasteiger partial charge in [0.15, 0.2) is 0 Å². The van der Waals surface area contributed by atoms with Gasteiger partial charge in [-0.1, -0.05) is 6.07 Å². The van der Waals surface area contributed by atoms with E-state index >= 15 is 0 Å². The number of ether oxygens (including phenoxy) is 1. The van der Waals surface area contributed by atoms with E-state index in [1.54, 1.807) is 20.8 Å². The molecule has 2 aliphatic heterocycles. The first-order valence-corrected chi connectivity index (χ1v) is 8.50. The molecule has 1 atom stereocenters. The van der Waals surface area contributed by atoms with Crippen molar-refractivity contribution in [3.63, 3.8) is 0 Å². The van der Waals surface area contributed by atoms with E-state index in [2.05, 4.69) is 10.6 Å². The smallest absolute Gasteiger partial charge is 0.410 e. The number of halogens is 1. The highest BCUT2D eigenvalue weighted by Gasteiger charge is 2.37. The molecule has 1 saturated heterocycles. The average molecular weight is 363 g/mol. The van der Waals surface area contributed by atoms with Crippen LogP contribution in [0.2, 0.25) is 0 Å². The lowest BCUT2D eigenvalue weighted by Crippen LogP contribution is -2.62. The fraction of sp³-hybridized carbons (Fsp3) is 0.500. The number of fused-ring (bicyclic) bond motifs is 1. The van der Waals surface area contributed by atoms with Gasteiger partial charge >= 0.3 is 6.09 Å². The number of nitrogens with zero attached hydrogens (tertiary/aromatic N) is 1. The minimum atomic E-state index is -0.671. The molecule has 7 nitrogen and oxygen atoms in total. The lowest BCUT2D eigenvalue weighted by atomic mass is 9.89. The highest BCUT2D eigenvalue weighted by atomic mass is 19.1. The maximum absolute atomic E-state index is 13.4. The Hall–Kier alpha value is -2.64. The van der Waals surface area contributed by atoms with Gasteiger partial charge < -0.3 is 20.3 Å².